The summed E-state index contributed by atoms with van der Waals surface area (Å²) >= 11 is 12.1. The summed E-state index contributed by atoms with van der Waals surface area (Å²) in [5.74, 6) is -0.549. The molecule has 0 bridgehead atoms. The highest BCUT2D eigenvalue weighted by Gasteiger charge is 2.41. The van der Waals surface area contributed by atoms with Crippen LogP contribution in [0.1, 0.15) is 16.7 Å². The molecule has 0 saturated heterocycles. The van der Waals surface area contributed by atoms with Gasteiger partial charge in [0, 0.05) is 19.0 Å². The molecule has 1 aliphatic heterocycles. The van der Waals surface area contributed by atoms with Crippen molar-refractivity contribution >= 4 is 34.6 Å². The molecule has 0 saturated carbocycles. The molecule has 142 valence electrons. The highest BCUT2D eigenvalue weighted by atomic mass is 35.5. The van der Waals surface area contributed by atoms with Crippen LogP contribution < -0.4 is 5.32 Å². The number of alkyl halides is 3. The minimum Gasteiger partial charge on any atom is -0.467 e. The lowest BCUT2D eigenvalue weighted by Gasteiger charge is -2.13. The van der Waals surface area contributed by atoms with E-state index in [4.69, 9.17) is 27.9 Å². The Hall–Kier alpha value is -2.18. The summed E-state index contributed by atoms with van der Waals surface area (Å²) in [7, 11) is 1.48. The van der Waals surface area contributed by atoms with Crippen molar-refractivity contribution in [1.29, 1.82) is 0 Å². The summed E-state index contributed by atoms with van der Waals surface area (Å²) < 4.78 is 45.7. The van der Waals surface area contributed by atoms with Crippen molar-refractivity contribution in [3.63, 3.8) is 0 Å². The minimum absolute atomic E-state index is 0.000138. The maximum atomic E-state index is 13.4. The van der Waals surface area contributed by atoms with Crippen LogP contribution in [0.5, 0.6) is 0 Å². The second-order valence-corrected chi connectivity index (χ2v) is 6.67. The maximum absolute atomic E-state index is 13.4. The molecule has 2 aromatic carbocycles. The summed E-state index contributed by atoms with van der Waals surface area (Å²) in [5, 5.41) is 3.28. The van der Waals surface area contributed by atoms with Crippen LogP contribution in [0.2, 0.25) is 10.0 Å². The highest BCUT2D eigenvalue weighted by molar-refractivity contribution is 6.42. The van der Waals surface area contributed by atoms with Crippen molar-refractivity contribution in [2.45, 2.75) is 18.7 Å². The van der Waals surface area contributed by atoms with Gasteiger partial charge >= 0.3 is 6.18 Å². The summed E-state index contributed by atoms with van der Waals surface area (Å²) in [6, 6.07) is 9.87. The molecule has 27 heavy (non-hydrogen) atoms. The minimum atomic E-state index is -4.60. The van der Waals surface area contributed by atoms with Gasteiger partial charge in [0.25, 0.3) is 0 Å². The van der Waals surface area contributed by atoms with E-state index in [1.807, 2.05) is 0 Å². The predicted molar refractivity (Wildman–Crippen MR) is 97.5 cm³/mol. The number of hydrogen-bond donors (Lipinski definition) is 1. The van der Waals surface area contributed by atoms with Gasteiger partial charge < -0.3 is 10.1 Å². The van der Waals surface area contributed by atoms with E-state index in [2.05, 4.69) is 5.32 Å². The standard InChI is InChI=1S/C19H14Cl2F3NO2/c1-25-18-15(11-6-2-3-7-12(11)19(22,23)24)17(26)14(27-18)9-10-5-4-8-13(20)16(10)21/h2-8,14,25H,9H2,1H3. The average Bonchev–Trinajstić information content (AvgIpc) is 2.94. The first kappa shape index (κ1) is 19.6. The first-order valence-electron chi connectivity index (χ1n) is 7.96. The Kier molecular flexibility index (Phi) is 5.40. The monoisotopic (exact) mass is 415 g/mol. The van der Waals surface area contributed by atoms with Crippen LogP contribution in [0.25, 0.3) is 5.57 Å². The second kappa shape index (κ2) is 7.44. The molecule has 2 aromatic rings. The fourth-order valence-corrected chi connectivity index (χ4v) is 3.35. The average molecular weight is 416 g/mol. The fourth-order valence-electron chi connectivity index (χ4n) is 2.96. The topological polar surface area (TPSA) is 38.3 Å². The van der Waals surface area contributed by atoms with Crippen molar-refractivity contribution in [1.82, 2.24) is 5.32 Å². The molecule has 0 spiro atoms. The van der Waals surface area contributed by atoms with Gasteiger partial charge in [-0.15, -0.1) is 0 Å². The lowest BCUT2D eigenvalue weighted by molar-refractivity contribution is -0.137. The SMILES string of the molecule is CNC1=C(c2ccccc2C(F)(F)F)C(=O)C(Cc2cccc(Cl)c2Cl)O1. The quantitative estimate of drug-likeness (QED) is 0.753. The highest BCUT2D eigenvalue weighted by Crippen LogP contribution is 2.39. The zero-order chi connectivity index (χ0) is 19.8. The van der Waals surface area contributed by atoms with Crippen LogP contribution >= 0.6 is 23.2 Å². The molecule has 0 aromatic heterocycles. The Morgan fingerprint density at radius 1 is 1.11 bits per heavy atom. The van der Waals surface area contributed by atoms with Gasteiger partial charge in [-0.05, 0) is 17.7 Å². The molecule has 1 atom stereocenters. The molecule has 1 unspecified atom stereocenters. The first-order chi connectivity index (χ1) is 12.7. The molecule has 3 nitrogen and oxygen atoms in total. The Morgan fingerprint density at radius 2 is 1.81 bits per heavy atom. The number of ketones is 1. The fraction of sp³-hybridized carbons (Fsp3) is 0.211. The lowest BCUT2D eigenvalue weighted by Crippen LogP contribution is -2.22. The third-order valence-electron chi connectivity index (χ3n) is 4.19. The van der Waals surface area contributed by atoms with Crippen LogP contribution in [-0.4, -0.2) is 18.9 Å². The van der Waals surface area contributed by atoms with Crippen LogP contribution in [0.4, 0.5) is 13.2 Å². The van der Waals surface area contributed by atoms with Gasteiger partial charge in [0.1, 0.15) is 0 Å². The van der Waals surface area contributed by atoms with E-state index in [-0.39, 0.29) is 28.5 Å². The van der Waals surface area contributed by atoms with Crippen molar-refractivity contribution in [3.05, 3.63) is 75.1 Å². The van der Waals surface area contributed by atoms with Gasteiger partial charge in [-0.2, -0.15) is 13.2 Å². The Balaban J connectivity index is 1.98. The molecule has 1 aliphatic rings. The molecule has 0 fully saturated rings. The van der Waals surface area contributed by atoms with Crippen LogP contribution in [0, 0.1) is 0 Å². The number of rotatable bonds is 4. The van der Waals surface area contributed by atoms with E-state index in [1.165, 1.54) is 25.2 Å². The summed E-state index contributed by atoms with van der Waals surface area (Å²) in [6.07, 6.45) is -5.52. The number of nitrogens with one attached hydrogen (secondary N) is 1. The van der Waals surface area contributed by atoms with Gasteiger partial charge in [-0.3, -0.25) is 4.79 Å². The molecular formula is C19H14Cl2F3NO2. The molecule has 0 aliphatic carbocycles. The van der Waals surface area contributed by atoms with Gasteiger partial charge in [0.15, 0.2) is 12.0 Å². The van der Waals surface area contributed by atoms with E-state index in [0.29, 0.717) is 10.6 Å². The van der Waals surface area contributed by atoms with Gasteiger partial charge in [-0.25, -0.2) is 0 Å². The molecule has 3 rings (SSSR count). The van der Waals surface area contributed by atoms with E-state index in [0.717, 1.165) is 6.07 Å². The predicted octanol–water partition coefficient (Wildman–Crippen LogP) is 5.11. The number of carbonyl (C=O) groups excluding carboxylic acids is 1. The van der Waals surface area contributed by atoms with Crippen molar-refractivity contribution in [2.75, 3.05) is 7.05 Å². The summed E-state index contributed by atoms with van der Waals surface area (Å²) in [5.41, 5.74) is -0.679. The molecular weight excluding hydrogens is 402 g/mol. The Labute approximate surface area is 163 Å². The van der Waals surface area contributed by atoms with Crippen LogP contribution in [0.3, 0.4) is 0 Å². The summed E-state index contributed by atoms with van der Waals surface area (Å²) in [4.78, 5) is 12.9. The van der Waals surface area contributed by atoms with E-state index < -0.39 is 23.6 Å². The number of halogens is 5. The Morgan fingerprint density at radius 3 is 2.48 bits per heavy atom. The number of Topliss-reactive ketones (excluding diaryl/α,β-unsaturated/α-hetero) is 1. The third kappa shape index (κ3) is 3.77. The van der Waals surface area contributed by atoms with Gasteiger partial charge in [0.05, 0.1) is 21.2 Å². The third-order valence-corrected chi connectivity index (χ3v) is 5.05. The van der Waals surface area contributed by atoms with Crippen molar-refractivity contribution in [2.24, 2.45) is 0 Å². The van der Waals surface area contributed by atoms with Crippen LogP contribution in [-0.2, 0) is 22.1 Å². The van der Waals surface area contributed by atoms with E-state index in [1.54, 1.807) is 18.2 Å². The largest absolute Gasteiger partial charge is 0.467 e. The van der Waals surface area contributed by atoms with E-state index in [9.17, 15) is 18.0 Å². The number of carbonyl (C=O) groups is 1. The first-order valence-corrected chi connectivity index (χ1v) is 8.72. The summed E-state index contributed by atoms with van der Waals surface area (Å²) in [6.45, 7) is 0. The lowest BCUT2D eigenvalue weighted by atomic mass is 9.93. The molecule has 1 N–H and O–H groups in total. The van der Waals surface area contributed by atoms with E-state index >= 15 is 0 Å². The normalized spacial score (nSPS) is 17.3. The van der Waals surface area contributed by atoms with Gasteiger partial charge in [-0.1, -0.05) is 53.5 Å². The molecule has 1 heterocycles. The van der Waals surface area contributed by atoms with Crippen LogP contribution in [0.15, 0.2) is 48.3 Å². The van der Waals surface area contributed by atoms with Crippen molar-refractivity contribution < 1.29 is 22.7 Å². The molecule has 0 radical (unpaired) electrons. The Bertz CT molecular complexity index is 925. The zero-order valence-corrected chi connectivity index (χ0v) is 15.5. The molecule has 0 amide bonds. The number of hydrogen-bond acceptors (Lipinski definition) is 3. The second-order valence-electron chi connectivity index (χ2n) is 5.89. The van der Waals surface area contributed by atoms with Crippen molar-refractivity contribution in [3.8, 4) is 0 Å². The van der Waals surface area contributed by atoms with Gasteiger partial charge in [0.2, 0.25) is 5.78 Å². The zero-order valence-electron chi connectivity index (χ0n) is 14.0. The maximum Gasteiger partial charge on any atom is 0.417 e. The number of ether oxygens (including phenoxy) is 1. The smallest absolute Gasteiger partial charge is 0.417 e. The number of benzene rings is 2. The molecule has 8 heteroatoms.